The first-order chi connectivity index (χ1) is 15.8. The number of carbonyl (C=O) groups is 3. The average Bonchev–Trinajstić information content (AvgIpc) is 3.03. The Kier molecular flexibility index (Phi) is 7.98. The summed E-state index contributed by atoms with van der Waals surface area (Å²) in [6.45, 7) is 3.48. The molecule has 1 saturated heterocycles. The first-order valence-electron chi connectivity index (χ1n) is 9.90. The molecule has 1 aliphatic rings. The van der Waals surface area contributed by atoms with Crippen molar-refractivity contribution in [2.24, 2.45) is 0 Å². The second kappa shape index (κ2) is 10.9. The number of halogens is 1. The number of ether oxygens (including phenoxy) is 2. The number of imide groups is 1. The fourth-order valence-electron chi connectivity index (χ4n) is 2.91. The number of amides is 3. The summed E-state index contributed by atoms with van der Waals surface area (Å²) in [7, 11) is 0. The van der Waals surface area contributed by atoms with Gasteiger partial charge >= 0.3 is 0 Å². The number of nitrogens with zero attached hydrogens (tertiary/aromatic N) is 2. The molecule has 1 N–H and O–H groups in total. The Labute approximate surface area is 200 Å². The summed E-state index contributed by atoms with van der Waals surface area (Å²) in [6.07, 6.45) is 1.54. The molecule has 0 saturated carbocycles. The van der Waals surface area contributed by atoms with E-state index in [9.17, 15) is 14.4 Å². The van der Waals surface area contributed by atoms with Crippen molar-refractivity contribution < 1.29 is 23.9 Å². The summed E-state index contributed by atoms with van der Waals surface area (Å²) in [4.78, 5) is 38.6. The first kappa shape index (κ1) is 24.2. The highest BCUT2D eigenvalue weighted by Gasteiger charge is 2.36. The van der Waals surface area contributed by atoms with Crippen molar-refractivity contribution in [3.8, 4) is 17.6 Å². The Balaban J connectivity index is 1.72. The standard InChI is InChI=1S/C23H20ClN3O5S/c1-3-31-19-10-15(5-7-18(19)32-9-8-25)11-20-22(29)27(23(30)33-20)13-21(28)26-16-6-4-14(2)17(24)12-16/h4-7,10-12H,3,9,13H2,1-2H3,(H,26,28). The van der Waals surface area contributed by atoms with E-state index in [2.05, 4.69) is 5.32 Å². The molecule has 0 bridgehead atoms. The van der Waals surface area contributed by atoms with Gasteiger partial charge in [0.15, 0.2) is 18.1 Å². The van der Waals surface area contributed by atoms with Crippen molar-refractivity contribution in [2.75, 3.05) is 25.1 Å². The van der Waals surface area contributed by atoms with Gasteiger partial charge in [0.05, 0.1) is 11.5 Å². The number of hydrogen-bond donors (Lipinski definition) is 1. The van der Waals surface area contributed by atoms with Gasteiger partial charge in [-0.3, -0.25) is 19.3 Å². The molecule has 0 spiro atoms. The topological polar surface area (TPSA) is 109 Å². The molecule has 0 unspecified atom stereocenters. The molecule has 2 aromatic rings. The molecule has 0 radical (unpaired) electrons. The van der Waals surface area contributed by atoms with Gasteiger partial charge < -0.3 is 14.8 Å². The molecule has 33 heavy (non-hydrogen) atoms. The van der Waals surface area contributed by atoms with E-state index >= 15 is 0 Å². The first-order valence-corrected chi connectivity index (χ1v) is 11.1. The second-order valence-electron chi connectivity index (χ2n) is 6.87. The minimum atomic E-state index is -0.565. The predicted molar refractivity (Wildman–Crippen MR) is 126 cm³/mol. The molecule has 3 amide bonds. The zero-order valence-corrected chi connectivity index (χ0v) is 19.5. The summed E-state index contributed by atoms with van der Waals surface area (Å²) in [5.41, 5.74) is 1.94. The molecule has 10 heteroatoms. The number of hydrogen-bond acceptors (Lipinski definition) is 7. The second-order valence-corrected chi connectivity index (χ2v) is 8.27. The molecular formula is C23H20ClN3O5S. The molecule has 1 fully saturated rings. The summed E-state index contributed by atoms with van der Waals surface area (Å²) >= 11 is 6.81. The fraction of sp³-hybridized carbons (Fsp3) is 0.217. The van der Waals surface area contributed by atoms with Gasteiger partial charge in [0, 0.05) is 10.7 Å². The highest BCUT2D eigenvalue weighted by atomic mass is 35.5. The molecule has 1 heterocycles. The maximum Gasteiger partial charge on any atom is 0.294 e. The lowest BCUT2D eigenvalue weighted by Crippen LogP contribution is -2.36. The third-order valence-corrected chi connectivity index (χ3v) is 5.80. The lowest BCUT2D eigenvalue weighted by Gasteiger charge is -2.13. The van der Waals surface area contributed by atoms with Crippen molar-refractivity contribution in [3.05, 3.63) is 57.5 Å². The number of anilines is 1. The number of rotatable bonds is 8. The number of aryl methyl sites for hydroxylation is 1. The zero-order chi connectivity index (χ0) is 24.0. The van der Waals surface area contributed by atoms with Crippen LogP contribution >= 0.6 is 23.4 Å². The lowest BCUT2D eigenvalue weighted by molar-refractivity contribution is -0.127. The number of benzene rings is 2. The zero-order valence-electron chi connectivity index (χ0n) is 17.9. The van der Waals surface area contributed by atoms with E-state index in [0.717, 1.165) is 22.2 Å². The monoisotopic (exact) mass is 485 g/mol. The summed E-state index contributed by atoms with van der Waals surface area (Å²) in [5, 5.41) is 11.3. The van der Waals surface area contributed by atoms with E-state index in [4.69, 9.17) is 26.3 Å². The van der Waals surface area contributed by atoms with Gasteiger partial charge in [-0.05, 0) is 67.1 Å². The van der Waals surface area contributed by atoms with Crippen LogP contribution in [0.15, 0.2) is 41.3 Å². The van der Waals surface area contributed by atoms with Gasteiger partial charge in [-0.1, -0.05) is 23.7 Å². The van der Waals surface area contributed by atoms with E-state index in [1.807, 2.05) is 19.9 Å². The Bertz CT molecular complexity index is 1180. The Morgan fingerprint density at radius 3 is 2.70 bits per heavy atom. The number of nitrogens with one attached hydrogen (secondary N) is 1. The van der Waals surface area contributed by atoms with Crippen molar-refractivity contribution in [3.63, 3.8) is 0 Å². The molecule has 0 aromatic heterocycles. The van der Waals surface area contributed by atoms with Crippen LogP contribution in [0.3, 0.4) is 0 Å². The molecule has 0 aliphatic carbocycles. The van der Waals surface area contributed by atoms with Crippen molar-refractivity contribution in [1.82, 2.24) is 4.90 Å². The normalized spacial score (nSPS) is 14.4. The van der Waals surface area contributed by atoms with Crippen LogP contribution in [0, 0.1) is 18.3 Å². The van der Waals surface area contributed by atoms with E-state index < -0.39 is 23.6 Å². The number of nitriles is 1. The Morgan fingerprint density at radius 2 is 2.00 bits per heavy atom. The van der Waals surface area contributed by atoms with Gasteiger partial charge in [0.1, 0.15) is 12.6 Å². The van der Waals surface area contributed by atoms with E-state index in [1.165, 1.54) is 0 Å². The quantitative estimate of drug-likeness (QED) is 0.543. The highest BCUT2D eigenvalue weighted by molar-refractivity contribution is 8.18. The van der Waals surface area contributed by atoms with E-state index in [-0.39, 0.29) is 11.5 Å². The highest BCUT2D eigenvalue weighted by Crippen LogP contribution is 2.34. The maximum absolute atomic E-state index is 12.7. The molecular weight excluding hydrogens is 466 g/mol. The van der Waals surface area contributed by atoms with Crippen molar-refractivity contribution in [1.29, 1.82) is 5.26 Å². The van der Waals surface area contributed by atoms with Gasteiger partial charge in [-0.15, -0.1) is 0 Å². The largest absolute Gasteiger partial charge is 0.490 e. The smallest absolute Gasteiger partial charge is 0.294 e. The molecule has 8 nitrogen and oxygen atoms in total. The predicted octanol–water partition coefficient (Wildman–Crippen LogP) is 4.62. The molecule has 1 aliphatic heterocycles. The molecule has 0 atom stereocenters. The summed E-state index contributed by atoms with van der Waals surface area (Å²) in [5.74, 6) is -0.269. The molecule has 3 rings (SSSR count). The minimum Gasteiger partial charge on any atom is -0.490 e. The van der Waals surface area contributed by atoms with Crippen molar-refractivity contribution in [2.45, 2.75) is 13.8 Å². The summed E-state index contributed by atoms with van der Waals surface area (Å²) < 4.78 is 10.9. The average molecular weight is 486 g/mol. The SMILES string of the molecule is CCOc1cc(C=C2SC(=O)N(CC(=O)Nc3ccc(C)c(Cl)c3)C2=O)ccc1OCC#N. The Morgan fingerprint density at radius 1 is 1.21 bits per heavy atom. The number of carbonyl (C=O) groups excluding carboxylic acids is 3. The van der Waals surface area contributed by atoms with E-state index in [0.29, 0.717) is 34.4 Å². The molecule has 2 aromatic carbocycles. The van der Waals surface area contributed by atoms with Crippen LogP contribution in [0.2, 0.25) is 5.02 Å². The summed E-state index contributed by atoms with van der Waals surface area (Å²) in [6, 6.07) is 11.9. The van der Waals surface area contributed by atoms with Crippen LogP contribution in [0.5, 0.6) is 11.5 Å². The van der Waals surface area contributed by atoms with E-state index in [1.54, 1.807) is 42.5 Å². The maximum atomic E-state index is 12.7. The third kappa shape index (κ3) is 6.06. The van der Waals surface area contributed by atoms with Gasteiger partial charge in [0.25, 0.3) is 11.1 Å². The van der Waals surface area contributed by atoms with Crippen LogP contribution in [-0.2, 0) is 9.59 Å². The molecule has 170 valence electrons. The third-order valence-electron chi connectivity index (χ3n) is 4.49. The van der Waals surface area contributed by atoms with Gasteiger partial charge in [-0.2, -0.15) is 5.26 Å². The van der Waals surface area contributed by atoms with Crippen LogP contribution in [-0.4, -0.2) is 41.7 Å². The fourth-order valence-corrected chi connectivity index (χ4v) is 3.93. The number of thioether (sulfide) groups is 1. The van der Waals surface area contributed by atoms with Crippen LogP contribution in [0.4, 0.5) is 10.5 Å². The van der Waals surface area contributed by atoms with Gasteiger partial charge in [-0.25, -0.2) is 0 Å². The van der Waals surface area contributed by atoms with Crippen molar-refractivity contribution >= 4 is 52.2 Å². The Hall–Kier alpha value is -3.48. The lowest BCUT2D eigenvalue weighted by atomic mass is 10.2. The van der Waals surface area contributed by atoms with Crippen LogP contribution < -0.4 is 14.8 Å². The minimum absolute atomic E-state index is 0.130. The van der Waals surface area contributed by atoms with Crippen LogP contribution in [0.1, 0.15) is 18.1 Å². The van der Waals surface area contributed by atoms with Crippen LogP contribution in [0.25, 0.3) is 6.08 Å². The van der Waals surface area contributed by atoms with Gasteiger partial charge in [0.2, 0.25) is 5.91 Å².